The third-order valence-electron chi connectivity index (χ3n) is 5.67. The number of para-hydroxylation sites is 1. The van der Waals surface area contributed by atoms with E-state index in [1.807, 2.05) is 18.2 Å². The predicted molar refractivity (Wildman–Crippen MR) is 138 cm³/mol. The number of fused-ring (bicyclic) bond motifs is 2. The van der Waals surface area contributed by atoms with Crippen LogP contribution in [0.1, 0.15) is 16.8 Å². The molecule has 0 saturated carbocycles. The van der Waals surface area contributed by atoms with Crippen LogP contribution in [0.15, 0.2) is 60.7 Å². The lowest BCUT2D eigenvalue weighted by Gasteiger charge is -2.21. The van der Waals surface area contributed by atoms with E-state index >= 15 is 0 Å². The number of sulfonamides is 1. The number of hydrogen-bond donors (Lipinski definition) is 3. The van der Waals surface area contributed by atoms with Crippen molar-refractivity contribution in [3.05, 3.63) is 66.2 Å². The van der Waals surface area contributed by atoms with Crippen molar-refractivity contribution < 1.29 is 22.7 Å². The van der Waals surface area contributed by atoms with Gasteiger partial charge in [-0.25, -0.2) is 8.42 Å². The van der Waals surface area contributed by atoms with Crippen LogP contribution in [0.4, 0.5) is 28.4 Å². The third kappa shape index (κ3) is 5.28. The van der Waals surface area contributed by atoms with Gasteiger partial charge in [-0.05, 0) is 42.0 Å². The number of carbonyl (C=O) groups excluding carboxylic acids is 2. The topological polar surface area (TPSA) is 117 Å². The fraction of sp³-hybridized carbons (Fsp3) is 0.200. The zero-order valence-electron chi connectivity index (χ0n) is 19.6. The lowest BCUT2D eigenvalue weighted by molar-refractivity contribution is -0.117. The van der Waals surface area contributed by atoms with Gasteiger partial charge in [0.15, 0.2) is 0 Å². The summed E-state index contributed by atoms with van der Waals surface area (Å²) < 4.78 is 30.4. The Balaban J connectivity index is 1.68. The Morgan fingerprint density at radius 3 is 2.49 bits per heavy atom. The van der Waals surface area contributed by atoms with E-state index in [9.17, 15) is 18.0 Å². The number of nitrogens with one attached hydrogen (secondary N) is 3. The Hall–Kier alpha value is -3.89. The Morgan fingerprint density at radius 2 is 1.74 bits per heavy atom. The van der Waals surface area contributed by atoms with Crippen LogP contribution in [0, 0.1) is 0 Å². The van der Waals surface area contributed by atoms with Crippen LogP contribution in [0.5, 0.6) is 0 Å². The van der Waals surface area contributed by atoms with Gasteiger partial charge in [0.1, 0.15) is 0 Å². The van der Waals surface area contributed by atoms with E-state index in [0.29, 0.717) is 46.2 Å². The first kappa shape index (κ1) is 24.2. The molecule has 0 spiro atoms. The maximum absolute atomic E-state index is 13.0. The smallest absolute Gasteiger partial charge is 0.257 e. The van der Waals surface area contributed by atoms with E-state index in [-0.39, 0.29) is 18.2 Å². The molecular formula is C25H26N4O5S. The van der Waals surface area contributed by atoms with Crippen molar-refractivity contribution in [2.45, 2.75) is 6.42 Å². The normalized spacial score (nSPS) is 12.5. The molecular weight excluding hydrogens is 468 g/mol. The number of amides is 2. The fourth-order valence-corrected chi connectivity index (χ4v) is 4.29. The second-order valence-corrected chi connectivity index (χ2v) is 10.2. The van der Waals surface area contributed by atoms with Gasteiger partial charge < -0.3 is 20.7 Å². The summed E-state index contributed by atoms with van der Waals surface area (Å²) in [6, 6.07) is 17.7. The molecule has 9 nitrogen and oxygen atoms in total. The lowest BCUT2D eigenvalue weighted by Crippen LogP contribution is -2.25. The first-order valence-corrected chi connectivity index (χ1v) is 12.7. The van der Waals surface area contributed by atoms with Gasteiger partial charge in [0.2, 0.25) is 15.9 Å². The maximum Gasteiger partial charge on any atom is 0.257 e. The lowest BCUT2D eigenvalue weighted by atomic mass is 10.0. The number of nitrogens with zero attached hydrogens (tertiary/aromatic N) is 1. The third-order valence-corrected chi connectivity index (χ3v) is 6.86. The van der Waals surface area contributed by atoms with Gasteiger partial charge in [-0.3, -0.25) is 13.9 Å². The molecule has 1 heterocycles. The van der Waals surface area contributed by atoms with Crippen molar-refractivity contribution in [2.24, 2.45) is 0 Å². The highest BCUT2D eigenvalue weighted by atomic mass is 32.2. The Kier molecular flexibility index (Phi) is 6.77. The van der Waals surface area contributed by atoms with E-state index in [0.717, 1.165) is 11.8 Å². The monoisotopic (exact) mass is 494 g/mol. The maximum atomic E-state index is 13.0. The quantitative estimate of drug-likeness (QED) is 0.457. The second kappa shape index (κ2) is 9.77. The van der Waals surface area contributed by atoms with E-state index < -0.39 is 10.0 Å². The van der Waals surface area contributed by atoms with Crippen LogP contribution in [0.25, 0.3) is 11.1 Å². The van der Waals surface area contributed by atoms with Crippen molar-refractivity contribution in [3.63, 3.8) is 0 Å². The Bertz CT molecular complexity index is 1400. The van der Waals surface area contributed by atoms with E-state index in [1.54, 1.807) is 42.5 Å². The molecule has 0 fully saturated rings. The molecule has 0 atom stereocenters. The first-order chi connectivity index (χ1) is 16.7. The van der Waals surface area contributed by atoms with E-state index in [2.05, 4.69) is 16.0 Å². The minimum Gasteiger partial charge on any atom is -0.384 e. The number of benzene rings is 3. The minimum atomic E-state index is -3.46. The van der Waals surface area contributed by atoms with Crippen LogP contribution < -0.4 is 20.3 Å². The summed E-state index contributed by atoms with van der Waals surface area (Å²) in [5.41, 5.74) is 4.74. The van der Waals surface area contributed by atoms with Crippen LogP contribution >= 0.6 is 0 Å². The molecule has 35 heavy (non-hydrogen) atoms. The average molecular weight is 495 g/mol. The van der Waals surface area contributed by atoms with Gasteiger partial charge in [-0.1, -0.05) is 24.3 Å². The summed E-state index contributed by atoms with van der Waals surface area (Å²) in [4.78, 5) is 25.0. The predicted octanol–water partition coefficient (Wildman–Crippen LogP) is 4.03. The first-order valence-electron chi connectivity index (χ1n) is 10.9. The molecule has 1 aliphatic heterocycles. The molecule has 10 heteroatoms. The van der Waals surface area contributed by atoms with Crippen molar-refractivity contribution in [2.75, 3.05) is 47.3 Å². The van der Waals surface area contributed by atoms with Crippen molar-refractivity contribution >= 4 is 50.3 Å². The van der Waals surface area contributed by atoms with Gasteiger partial charge in [0.05, 0.1) is 47.6 Å². The number of hydrogen-bond acceptors (Lipinski definition) is 6. The summed E-state index contributed by atoms with van der Waals surface area (Å²) >= 11 is 0. The molecule has 3 N–H and O–H groups in total. The summed E-state index contributed by atoms with van der Waals surface area (Å²) in [6.45, 7) is 0.315. The molecule has 0 bridgehead atoms. The molecule has 1 aliphatic rings. The number of anilines is 5. The largest absolute Gasteiger partial charge is 0.384 e. The second-order valence-electron chi connectivity index (χ2n) is 8.14. The molecule has 0 radical (unpaired) electrons. The molecule has 0 aromatic heterocycles. The van der Waals surface area contributed by atoms with Crippen molar-refractivity contribution in [1.29, 1.82) is 0 Å². The molecule has 182 valence electrons. The average Bonchev–Trinajstić information content (AvgIpc) is 2.96. The van der Waals surface area contributed by atoms with Gasteiger partial charge in [0, 0.05) is 25.4 Å². The van der Waals surface area contributed by atoms with Gasteiger partial charge in [0.25, 0.3) is 5.91 Å². The molecule has 3 aromatic carbocycles. The zero-order valence-corrected chi connectivity index (χ0v) is 20.4. The molecule has 0 unspecified atom stereocenters. The molecule has 4 rings (SSSR count). The Labute approximate surface area is 204 Å². The van der Waals surface area contributed by atoms with Crippen LogP contribution in [-0.2, 0) is 19.6 Å². The Morgan fingerprint density at radius 1 is 0.971 bits per heavy atom. The highest BCUT2D eigenvalue weighted by molar-refractivity contribution is 7.92. The van der Waals surface area contributed by atoms with Crippen molar-refractivity contribution in [1.82, 2.24) is 0 Å². The molecule has 3 aromatic rings. The van der Waals surface area contributed by atoms with Gasteiger partial charge in [-0.15, -0.1) is 0 Å². The molecule has 0 saturated heterocycles. The number of rotatable bonds is 7. The van der Waals surface area contributed by atoms with Gasteiger partial charge >= 0.3 is 0 Å². The number of carbonyl (C=O) groups is 2. The van der Waals surface area contributed by atoms with Gasteiger partial charge in [-0.2, -0.15) is 0 Å². The fourth-order valence-electron chi connectivity index (χ4n) is 3.77. The molecule has 2 amide bonds. The minimum absolute atomic E-state index is 0.189. The standard InChI is InChI=1S/C25H26N4O5S/c1-29(35(3,32)33)23-7-5-4-6-18(23)16-8-10-19-21(14-16)27-20-11-9-17(15-22(20)28-25(19)31)26-24(30)12-13-34-2/h4-11,14-15,27H,12-13H2,1-3H3,(H,26,30)(H,28,31). The highest BCUT2D eigenvalue weighted by Crippen LogP contribution is 2.38. The van der Waals surface area contributed by atoms with Crippen LogP contribution in [0.2, 0.25) is 0 Å². The van der Waals surface area contributed by atoms with E-state index in [1.165, 1.54) is 18.5 Å². The van der Waals surface area contributed by atoms with E-state index in [4.69, 9.17) is 4.74 Å². The van der Waals surface area contributed by atoms with Crippen LogP contribution in [-0.4, -0.2) is 47.3 Å². The SMILES string of the molecule is COCCC(=O)Nc1ccc2c(c1)NC(=O)c1ccc(-c3ccccc3N(C)S(C)(=O)=O)cc1N2. The summed E-state index contributed by atoms with van der Waals surface area (Å²) in [7, 11) is -0.424. The highest BCUT2D eigenvalue weighted by Gasteiger charge is 2.22. The number of ether oxygens (including phenoxy) is 1. The number of methoxy groups -OCH3 is 1. The summed E-state index contributed by atoms with van der Waals surface area (Å²) in [5, 5.41) is 8.96. The van der Waals surface area contributed by atoms with Crippen molar-refractivity contribution in [3.8, 4) is 11.1 Å². The van der Waals surface area contributed by atoms with Crippen LogP contribution in [0.3, 0.4) is 0 Å². The zero-order chi connectivity index (χ0) is 25.2. The molecule has 0 aliphatic carbocycles. The summed E-state index contributed by atoms with van der Waals surface area (Å²) in [5.74, 6) is -0.493. The summed E-state index contributed by atoms with van der Waals surface area (Å²) in [6.07, 6.45) is 1.38.